The van der Waals surface area contributed by atoms with E-state index in [0.29, 0.717) is 12.1 Å². The summed E-state index contributed by atoms with van der Waals surface area (Å²) >= 11 is 6.50. The minimum atomic E-state index is 0.482. The van der Waals surface area contributed by atoms with Crippen LogP contribution in [0.2, 0.25) is 5.02 Å². The molecule has 1 heterocycles. The molecular formula is C18H29ClN2. The third-order valence-electron chi connectivity index (χ3n) is 4.42. The SMILES string of the molecule is CCC1CCCCCN1c1ccc(CNC(C)C)c(Cl)c1. The molecule has 1 aliphatic heterocycles. The molecule has 0 spiro atoms. The third kappa shape index (κ3) is 4.62. The molecule has 1 unspecified atom stereocenters. The Bertz CT molecular complexity index is 445. The maximum Gasteiger partial charge on any atom is 0.0471 e. The van der Waals surface area contributed by atoms with E-state index < -0.39 is 0 Å². The average molecular weight is 309 g/mol. The molecule has 21 heavy (non-hydrogen) atoms. The van der Waals surface area contributed by atoms with E-state index in [4.69, 9.17) is 11.6 Å². The van der Waals surface area contributed by atoms with Crippen molar-refractivity contribution in [2.45, 2.75) is 71.5 Å². The highest BCUT2D eigenvalue weighted by molar-refractivity contribution is 6.31. The van der Waals surface area contributed by atoms with Gasteiger partial charge in [-0.3, -0.25) is 0 Å². The summed E-state index contributed by atoms with van der Waals surface area (Å²) in [6, 6.07) is 7.74. The number of nitrogens with one attached hydrogen (secondary N) is 1. The van der Waals surface area contributed by atoms with Crippen molar-refractivity contribution < 1.29 is 0 Å². The van der Waals surface area contributed by atoms with Gasteiger partial charge in [0.25, 0.3) is 0 Å². The topological polar surface area (TPSA) is 15.3 Å². The summed E-state index contributed by atoms with van der Waals surface area (Å²) in [5.74, 6) is 0. The van der Waals surface area contributed by atoms with Crippen LogP contribution in [0, 0.1) is 0 Å². The van der Waals surface area contributed by atoms with Gasteiger partial charge in [0.15, 0.2) is 0 Å². The lowest BCUT2D eigenvalue weighted by Gasteiger charge is -2.32. The van der Waals surface area contributed by atoms with Crippen LogP contribution >= 0.6 is 11.6 Å². The van der Waals surface area contributed by atoms with Crippen LogP contribution < -0.4 is 10.2 Å². The maximum absolute atomic E-state index is 6.50. The fraction of sp³-hybridized carbons (Fsp3) is 0.667. The summed E-state index contributed by atoms with van der Waals surface area (Å²) in [6.45, 7) is 8.62. The van der Waals surface area contributed by atoms with Gasteiger partial charge in [-0.2, -0.15) is 0 Å². The van der Waals surface area contributed by atoms with Crippen LogP contribution in [0.1, 0.15) is 58.4 Å². The molecule has 1 atom stereocenters. The van der Waals surface area contributed by atoms with Crippen molar-refractivity contribution >= 4 is 17.3 Å². The highest BCUT2D eigenvalue weighted by Crippen LogP contribution is 2.29. The Balaban J connectivity index is 2.13. The van der Waals surface area contributed by atoms with Gasteiger partial charge < -0.3 is 10.2 Å². The second-order valence-electron chi connectivity index (χ2n) is 6.42. The van der Waals surface area contributed by atoms with Crippen molar-refractivity contribution in [3.63, 3.8) is 0 Å². The molecule has 2 rings (SSSR count). The summed E-state index contributed by atoms with van der Waals surface area (Å²) in [5, 5.41) is 4.32. The Kier molecular flexibility index (Phi) is 6.38. The molecule has 1 aromatic rings. The lowest BCUT2D eigenvalue weighted by molar-refractivity contribution is 0.556. The van der Waals surface area contributed by atoms with Gasteiger partial charge in [-0.1, -0.05) is 51.3 Å². The van der Waals surface area contributed by atoms with Gasteiger partial charge >= 0.3 is 0 Å². The highest BCUT2D eigenvalue weighted by Gasteiger charge is 2.20. The van der Waals surface area contributed by atoms with Crippen molar-refractivity contribution in [1.82, 2.24) is 5.32 Å². The molecule has 0 aromatic heterocycles. The molecule has 1 N–H and O–H groups in total. The molecule has 1 aliphatic rings. The zero-order valence-electron chi connectivity index (χ0n) is 13.7. The first-order valence-corrected chi connectivity index (χ1v) is 8.78. The van der Waals surface area contributed by atoms with Crippen LogP contribution in [0.4, 0.5) is 5.69 Å². The smallest absolute Gasteiger partial charge is 0.0471 e. The van der Waals surface area contributed by atoms with E-state index in [2.05, 4.69) is 49.2 Å². The van der Waals surface area contributed by atoms with E-state index in [9.17, 15) is 0 Å². The largest absolute Gasteiger partial charge is 0.369 e. The first-order chi connectivity index (χ1) is 10.1. The minimum absolute atomic E-state index is 0.482. The number of hydrogen-bond donors (Lipinski definition) is 1. The van der Waals surface area contributed by atoms with E-state index in [-0.39, 0.29) is 0 Å². The van der Waals surface area contributed by atoms with Crippen LogP contribution in [-0.4, -0.2) is 18.6 Å². The van der Waals surface area contributed by atoms with Gasteiger partial charge in [0, 0.05) is 35.9 Å². The van der Waals surface area contributed by atoms with Crippen molar-refractivity contribution in [3.8, 4) is 0 Å². The molecule has 0 aliphatic carbocycles. The second kappa shape index (κ2) is 8.05. The van der Waals surface area contributed by atoms with Crippen molar-refractivity contribution in [3.05, 3.63) is 28.8 Å². The van der Waals surface area contributed by atoms with E-state index in [1.807, 2.05) is 0 Å². The van der Waals surface area contributed by atoms with Crippen LogP contribution in [0.15, 0.2) is 18.2 Å². The van der Waals surface area contributed by atoms with Crippen LogP contribution in [0.5, 0.6) is 0 Å². The molecule has 0 amide bonds. The summed E-state index contributed by atoms with van der Waals surface area (Å²) in [6.07, 6.45) is 6.54. The molecule has 1 fully saturated rings. The van der Waals surface area contributed by atoms with Crippen molar-refractivity contribution in [2.75, 3.05) is 11.4 Å². The predicted molar refractivity (Wildman–Crippen MR) is 93.3 cm³/mol. The van der Waals surface area contributed by atoms with Gasteiger partial charge in [0.2, 0.25) is 0 Å². The number of halogens is 1. The molecular weight excluding hydrogens is 280 g/mol. The van der Waals surface area contributed by atoms with E-state index in [1.54, 1.807) is 0 Å². The Labute approximate surface area is 134 Å². The Morgan fingerprint density at radius 3 is 2.76 bits per heavy atom. The lowest BCUT2D eigenvalue weighted by Crippen LogP contribution is -2.34. The van der Waals surface area contributed by atoms with Crippen LogP contribution in [0.25, 0.3) is 0 Å². The quantitative estimate of drug-likeness (QED) is 0.823. The minimum Gasteiger partial charge on any atom is -0.369 e. The van der Waals surface area contributed by atoms with Gasteiger partial charge in [-0.25, -0.2) is 0 Å². The highest BCUT2D eigenvalue weighted by atomic mass is 35.5. The molecule has 0 radical (unpaired) electrons. The fourth-order valence-corrected chi connectivity index (χ4v) is 3.36. The van der Waals surface area contributed by atoms with E-state index in [0.717, 1.165) is 11.6 Å². The van der Waals surface area contributed by atoms with Crippen molar-refractivity contribution in [2.24, 2.45) is 0 Å². The summed E-state index contributed by atoms with van der Waals surface area (Å²) in [7, 11) is 0. The van der Waals surface area contributed by atoms with Gasteiger partial charge in [-0.15, -0.1) is 0 Å². The average Bonchev–Trinajstić information content (AvgIpc) is 2.70. The van der Waals surface area contributed by atoms with Gasteiger partial charge in [-0.05, 0) is 37.0 Å². The standard InChI is InChI=1S/C18H29ClN2/c1-4-16-8-6-5-7-11-21(16)17-10-9-15(18(19)12-17)13-20-14(2)3/h9-10,12,14,16,20H,4-8,11,13H2,1-3H3. The molecule has 3 heteroatoms. The van der Waals surface area contributed by atoms with Crippen LogP contribution in [-0.2, 0) is 6.54 Å². The summed E-state index contributed by atoms with van der Waals surface area (Å²) < 4.78 is 0. The first kappa shape index (κ1) is 16.6. The monoisotopic (exact) mass is 308 g/mol. The summed E-state index contributed by atoms with van der Waals surface area (Å²) in [4.78, 5) is 2.57. The third-order valence-corrected chi connectivity index (χ3v) is 4.77. The Morgan fingerprint density at radius 2 is 2.10 bits per heavy atom. The fourth-order valence-electron chi connectivity index (χ4n) is 3.11. The normalized spacial score (nSPS) is 19.9. The first-order valence-electron chi connectivity index (χ1n) is 8.40. The number of rotatable bonds is 5. The molecule has 1 saturated heterocycles. The Morgan fingerprint density at radius 1 is 1.29 bits per heavy atom. The maximum atomic E-state index is 6.50. The molecule has 0 saturated carbocycles. The Hall–Kier alpha value is -0.730. The number of anilines is 1. The molecule has 0 bridgehead atoms. The second-order valence-corrected chi connectivity index (χ2v) is 6.82. The van der Waals surface area contributed by atoms with Crippen LogP contribution in [0.3, 0.4) is 0 Å². The number of benzene rings is 1. The van der Waals surface area contributed by atoms with E-state index >= 15 is 0 Å². The number of nitrogens with zero attached hydrogens (tertiary/aromatic N) is 1. The lowest BCUT2D eigenvalue weighted by atomic mass is 10.1. The van der Waals surface area contributed by atoms with Crippen molar-refractivity contribution in [1.29, 1.82) is 0 Å². The van der Waals surface area contributed by atoms with Gasteiger partial charge in [0.1, 0.15) is 0 Å². The summed E-state index contributed by atoms with van der Waals surface area (Å²) in [5.41, 5.74) is 2.49. The van der Waals surface area contributed by atoms with Gasteiger partial charge in [0.05, 0.1) is 0 Å². The van der Waals surface area contributed by atoms with E-state index in [1.165, 1.54) is 49.9 Å². The number of hydrogen-bond acceptors (Lipinski definition) is 2. The zero-order valence-corrected chi connectivity index (χ0v) is 14.4. The predicted octanol–water partition coefficient (Wildman–Crippen LogP) is 5.00. The zero-order chi connectivity index (χ0) is 15.2. The molecule has 2 nitrogen and oxygen atoms in total. The molecule has 118 valence electrons. The molecule has 1 aromatic carbocycles.